The Hall–Kier alpha value is 0.940. The fourth-order valence-corrected chi connectivity index (χ4v) is 15.2. The molecule has 6 heteroatoms. The quantitative estimate of drug-likeness (QED) is 0.588. The van der Waals surface area contributed by atoms with Crippen molar-refractivity contribution in [1.29, 1.82) is 0 Å². The molecule has 0 aromatic carbocycles. The van der Waals surface area contributed by atoms with Gasteiger partial charge >= 0.3 is 120 Å². The topological polar surface area (TPSA) is 58.9 Å². The standard InChI is InChI=1S/C9H21OSi.C3H7O.2H2O.Zr/c1-4-7-11(10,8-5-2)9-6-3;1-3(2)4;;;/h4-9H2,1-3H3;3H,1-2H3;2*1H2;/q2*-1;;;+4/p-2. The van der Waals surface area contributed by atoms with Gasteiger partial charge in [0.1, 0.15) is 0 Å². The van der Waals surface area contributed by atoms with E-state index in [4.69, 9.17) is 5.32 Å². The normalized spacial score (nSPS) is 13.3. The van der Waals surface area contributed by atoms with E-state index in [1.165, 1.54) is 0 Å². The molecule has 0 aliphatic carbocycles. The van der Waals surface area contributed by atoms with Crippen molar-refractivity contribution in [2.45, 2.75) is 78.1 Å². The minimum atomic E-state index is -4.73. The summed E-state index contributed by atoms with van der Waals surface area (Å²) in [5, 5.41) is 0. The SMILES string of the molecule is CCC[Si](CCC)(CCC)[O][Zr]([OH])([OH])[O]C(C)C. The zero-order valence-corrected chi connectivity index (χ0v) is 16.0. The number of hydrogen-bond donors (Lipinski definition) is 2. The van der Waals surface area contributed by atoms with Crippen molar-refractivity contribution in [3.05, 3.63) is 0 Å². The molecular formula is C12H30O4SiZr. The first-order chi connectivity index (χ1) is 8.31. The van der Waals surface area contributed by atoms with Gasteiger partial charge in [-0.15, -0.1) is 0 Å². The van der Waals surface area contributed by atoms with Crippen LogP contribution in [0.25, 0.3) is 0 Å². The monoisotopic (exact) mass is 356 g/mol. The van der Waals surface area contributed by atoms with E-state index in [-0.39, 0.29) is 6.10 Å². The summed E-state index contributed by atoms with van der Waals surface area (Å²) in [5.74, 6) is 0. The van der Waals surface area contributed by atoms with E-state index in [0.717, 1.165) is 37.4 Å². The number of hydrogen-bond acceptors (Lipinski definition) is 4. The Morgan fingerprint density at radius 2 is 1.33 bits per heavy atom. The van der Waals surface area contributed by atoms with Crippen molar-refractivity contribution in [3.8, 4) is 0 Å². The van der Waals surface area contributed by atoms with Crippen LogP contribution in [-0.4, -0.2) is 20.8 Å². The van der Waals surface area contributed by atoms with Crippen molar-refractivity contribution in [1.82, 2.24) is 0 Å². The summed E-state index contributed by atoms with van der Waals surface area (Å²) < 4.78 is 31.3. The Labute approximate surface area is 120 Å². The molecule has 0 rings (SSSR count). The van der Waals surface area contributed by atoms with Crippen LogP contribution in [0.1, 0.15) is 53.9 Å². The van der Waals surface area contributed by atoms with Gasteiger partial charge in [-0.3, -0.25) is 0 Å². The Kier molecular flexibility index (Phi) is 9.45. The second kappa shape index (κ2) is 8.98. The predicted molar refractivity (Wildman–Crippen MR) is 72.8 cm³/mol. The Morgan fingerprint density at radius 1 is 0.944 bits per heavy atom. The second-order valence-corrected chi connectivity index (χ2v) is 14.1. The van der Waals surface area contributed by atoms with Crippen molar-refractivity contribution in [2.75, 3.05) is 0 Å². The molecule has 0 saturated carbocycles. The predicted octanol–water partition coefficient (Wildman–Crippen LogP) is 3.40. The molecule has 0 spiro atoms. The molecule has 0 bridgehead atoms. The molecule has 0 unspecified atom stereocenters. The summed E-state index contributed by atoms with van der Waals surface area (Å²) in [6.45, 7) is 10.0. The summed E-state index contributed by atoms with van der Waals surface area (Å²) in [5.41, 5.74) is 0. The van der Waals surface area contributed by atoms with Gasteiger partial charge in [-0.2, -0.15) is 0 Å². The van der Waals surface area contributed by atoms with Crippen molar-refractivity contribution >= 4 is 8.32 Å². The molecule has 0 heterocycles. The van der Waals surface area contributed by atoms with Crippen LogP contribution in [0.5, 0.6) is 0 Å². The third kappa shape index (κ3) is 7.51. The van der Waals surface area contributed by atoms with Crippen LogP contribution in [0.3, 0.4) is 0 Å². The van der Waals surface area contributed by atoms with E-state index in [1.54, 1.807) is 0 Å². The van der Waals surface area contributed by atoms with Gasteiger partial charge in [0.2, 0.25) is 0 Å². The molecule has 0 amide bonds. The maximum atomic E-state index is 10.1. The molecule has 2 N–H and O–H groups in total. The van der Waals surface area contributed by atoms with Crippen LogP contribution < -0.4 is 0 Å². The third-order valence-electron chi connectivity index (χ3n) is 2.86. The molecule has 0 aromatic rings. The van der Waals surface area contributed by atoms with Crippen molar-refractivity contribution in [3.63, 3.8) is 0 Å². The van der Waals surface area contributed by atoms with E-state index < -0.39 is 30.3 Å². The molecule has 0 fully saturated rings. The van der Waals surface area contributed by atoms with Gasteiger partial charge in [-0.1, -0.05) is 0 Å². The molecule has 0 aliphatic heterocycles. The average molecular weight is 358 g/mol. The first-order valence-electron chi connectivity index (χ1n) is 7.13. The molecule has 0 aromatic heterocycles. The fourth-order valence-electron chi connectivity index (χ4n) is 2.51. The van der Waals surface area contributed by atoms with Gasteiger partial charge in [0.25, 0.3) is 0 Å². The van der Waals surface area contributed by atoms with E-state index in [1.807, 2.05) is 13.8 Å². The van der Waals surface area contributed by atoms with E-state index in [9.17, 15) is 6.37 Å². The Balaban J connectivity index is 4.82. The Morgan fingerprint density at radius 3 is 1.61 bits per heavy atom. The van der Waals surface area contributed by atoms with Gasteiger partial charge in [0.05, 0.1) is 0 Å². The maximum absolute atomic E-state index is 10.1. The zero-order chi connectivity index (χ0) is 14.2. The molecule has 0 atom stereocenters. The summed E-state index contributed by atoms with van der Waals surface area (Å²) in [4.78, 5) is 0. The summed E-state index contributed by atoms with van der Waals surface area (Å²) >= 11 is -4.73. The Bertz CT molecular complexity index is 207. The van der Waals surface area contributed by atoms with E-state index in [0.29, 0.717) is 0 Å². The van der Waals surface area contributed by atoms with Crippen LogP contribution in [0.4, 0.5) is 0 Å². The van der Waals surface area contributed by atoms with Gasteiger partial charge in [0, 0.05) is 0 Å². The van der Waals surface area contributed by atoms with Gasteiger partial charge in [-0.25, -0.2) is 0 Å². The van der Waals surface area contributed by atoms with Crippen LogP contribution in [0.2, 0.25) is 18.1 Å². The zero-order valence-electron chi connectivity index (χ0n) is 12.5. The third-order valence-corrected chi connectivity index (χ3v) is 14.9. The van der Waals surface area contributed by atoms with Crippen molar-refractivity contribution in [2.24, 2.45) is 0 Å². The van der Waals surface area contributed by atoms with Crippen molar-refractivity contribution < 1.29 is 33.7 Å². The van der Waals surface area contributed by atoms with Gasteiger partial charge in [-0.05, 0) is 0 Å². The molecule has 0 aliphatic rings. The summed E-state index contributed by atoms with van der Waals surface area (Å²) in [6.07, 6.45) is 2.93. The van der Waals surface area contributed by atoms with Gasteiger partial charge in [0.15, 0.2) is 0 Å². The number of rotatable bonds is 10. The fraction of sp³-hybridized carbons (Fsp3) is 1.00. The minimum absolute atomic E-state index is 0.188. The second-order valence-electron chi connectivity index (χ2n) is 5.25. The van der Waals surface area contributed by atoms with E-state index in [2.05, 4.69) is 20.8 Å². The first kappa shape index (κ1) is 18.9. The molecule has 0 saturated heterocycles. The van der Waals surface area contributed by atoms with Crippen LogP contribution in [-0.2, 0) is 27.3 Å². The van der Waals surface area contributed by atoms with E-state index >= 15 is 0 Å². The van der Waals surface area contributed by atoms with Crippen LogP contribution in [0.15, 0.2) is 0 Å². The average Bonchev–Trinajstić information content (AvgIpc) is 2.15. The first-order valence-corrected chi connectivity index (χ1v) is 13.9. The molecular weight excluding hydrogens is 327 g/mol. The summed E-state index contributed by atoms with van der Waals surface area (Å²) in [7, 11) is -2.03. The summed E-state index contributed by atoms with van der Waals surface area (Å²) in [6, 6.07) is 2.99. The van der Waals surface area contributed by atoms with Gasteiger partial charge < -0.3 is 0 Å². The molecule has 18 heavy (non-hydrogen) atoms. The molecule has 0 radical (unpaired) electrons. The van der Waals surface area contributed by atoms with Crippen LogP contribution >= 0.6 is 0 Å². The molecule has 110 valence electrons. The molecule has 4 nitrogen and oxygen atoms in total. The van der Waals surface area contributed by atoms with Crippen LogP contribution in [0, 0.1) is 0 Å².